The van der Waals surface area contributed by atoms with E-state index < -0.39 is 0 Å². The van der Waals surface area contributed by atoms with Crippen LogP contribution in [0.25, 0.3) is 0 Å². The first kappa shape index (κ1) is 12.4. The van der Waals surface area contributed by atoms with Crippen LogP contribution in [0.15, 0.2) is 36.4 Å². The first-order chi connectivity index (χ1) is 8.19. The number of thiophene rings is 1. The van der Waals surface area contributed by atoms with E-state index in [1.54, 1.807) is 11.3 Å². The third kappa shape index (κ3) is 3.22. The second kappa shape index (κ2) is 5.54. The molecular weight excluding hydrogens is 252 g/mol. The molecule has 2 aromatic rings. The largest absolute Gasteiger partial charge is 0.376 e. The van der Waals surface area contributed by atoms with E-state index in [1.807, 2.05) is 24.3 Å². The number of hydrogen-bond acceptors (Lipinski definition) is 3. The van der Waals surface area contributed by atoms with Crippen LogP contribution in [-0.2, 0) is 0 Å². The normalized spacial score (nSPS) is 12.4. The minimum absolute atomic E-state index is 0.146. The predicted octanol–water partition coefficient (Wildman–Crippen LogP) is 3.82. The molecule has 0 aliphatic rings. The van der Waals surface area contributed by atoms with Crippen LogP contribution in [0, 0.1) is 6.92 Å². The Morgan fingerprint density at radius 2 is 2.18 bits per heavy atom. The smallest absolute Gasteiger partial charge is 0.0728 e. The van der Waals surface area contributed by atoms with Crippen LogP contribution in [-0.4, -0.2) is 6.54 Å². The fourth-order valence-electron chi connectivity index (χ4n) is 1.67. The van der Waals surface area contributed by atoms with Gasteiger partial charge < -0.3 is 11.1 Å². The average Bonchev–Trinajstić information content (AvgIpc) is 2.73. The number of halogens is 1. The highest BCUT2D eigenvalue weighted by atomic mass is 35.5. The summed E-state index contributed by atoms with van der Waals surface area (Å²) in [5.74, 6) is 0. The molecule has 0 amide bonds. The number of aryl methyl sites for hydroxylation is 1. The van der Waals surface area contributed by atoms with Crippen molar-refractivity contribution >= 4 is 28.6 Å². The molecule has 17 heavy (non-hydrogen) atoms. The molecule has 0 bridgehead atoms. The zero-order valence-corrected chi connectivity index (χ0v) is 11.2. The lowest BCUT2D eigenvalue weighted by molar-refractivity contribution is 0.806. The minimum atomic E-state index is 0.146. The topological polar surface area (TPSA) is 38.0 Å². The van der Waals surface area contributed by atoms with Crippen molar-refractivity contribution in [3.8, 4) is 0 Å². The standard InChI is InChI=1S/C13H15ClN2S/c1-9-5-6-13(17-9)12(8-15)16-11-4-2-3-10(14)7-11/h2-7,12,16H,8,15H2,1H3. The molecule has 0 fully saturated rings. The molecule has 1 heterocycles. The van der Waals surface area contributed by atoms with Gasteiger partial charge in [-0.25, -0.2) is 0 Å². The van der Waals surface area contributed by atoms with E-state index >= 15 is 0 Å². The van der Waals surface area contributed by atoms with Crippen LogP contribution < -0.4 is 11.1 Å². The Bertz CT molecular complexity index is 496. The van der Waals surface area contributed by atoms with Crippen molar-refractivity contribution in [1.82, 2.24) is 0 Å². The second-order valence-corrected chi connectivity index (χ2v) is 5.65. The van der Waals surface area contributed by atoms with Gasteiger partial charge in [-0.3, -0.25) is 0 Å². The Morgan fingerprint density at radius 1 is 1.35 bits per heavy atom. The van der Waals surface area contributed by atoms with Crippen LogP contribution in [0.5, 0.6) is 0 Å². The van der Waals surface area contributed by atoms with E-state index in [4.69, 9.17) is 17.3 Å². The van der Waals surface area contributed by atoms with Gasteiger partial charge in [0.05, 0.1) is 6.04 Å². The third-order valence-corrected chi connectivity index (χ3v) is 3.86. The maximum atomic E-state index is 5.95. The van der Waals surface area contributed by atoms with Crippen LogP contribution in [0.1, 0.15) is 15.8 Å². The molecular formula is C13H15ClN2S. The highest BCUT2D eigenvalue weighted by Gasteiger charge is 2.11. The van der Waals surface area contributed by atoms with E-state index in [0.29, 0.717) is 6.54 Å². The molecule has 1 aromatic carbocycles. The summed E-state index contributed by atoms with van der Waals surface area (Å²) in [7, 11) is 0. The molecule has 2 nitrogen and oxygen atoms in total. The van der Waals surface area contributed by atoms with Crippen molar-refractivity contribution in [3.63, 3.8) is 0 Å². The van der Waals surface area contributed by atoms with Crippen molar-refractivity contribution in [2.24, 2.45) is 5.73 Å². The number of rotatable bonds is 4. The molecule has 3 N–H and O–H groups in total. The van der Waals surface area contributed by atoms with Crippen molar-refractivity contribution in [1.29, 1.82) is 0 Å². The van der Waals surface area contributed by atoms with Gasteiger partial charge in [-0.1, -0.05) is 17.7 Å². The molecule has 0 radical (unpaired) electrons. The molecule has 4 heteroatoms. The lowest BCUT2D eigenvalue weighted by atomic mass is 10.2. The van der Waals surface area contributed by atoms with Gasteiger partial charge in [-0.15, -0.1) is 11.3 Å². The van der Waals surface area contributed by atoms with Gasteiger partial charge in [-0.2, -0.15) is 0 Å². The summed E-state index contributed by atoms with van der Waals surface area (Å²) in [4.78, 5) is 2.55. The average molecular weight is 267 g/mol. The summed E-state index contributed by atoms with van der Waals surface area (Å²) < 4.78 is 0. The second-order valence-electron chi connectivity index (χ2n) is 3.89. The predicted molar refractivity (Wildman–Crippen MR) is 75.9 cm³/mol. The van der Waals surface area contributed by atoms with Crippen molar-refractivity contribution in [2.45, 2.75) is 13.0 Å². The minimum Gasteiger partial charge on any atom is -0.376 e. The van der Waals surface area contributed by atoms with Crippen molar-refractivity contribution < 1.29 is 0 Å². The lowest BCUT2D eigenvalue weighted by Gasteiger charge is -2.16. The molecule has 1 aromatic heterocycles. The van der Waals surface area contributed by atoms with Gasteiger partial charge in [0.15, 0.2) is 0 Å². The van der Waals surface area contributed by atoms with E-state index in [0.717, 1.165) is 10.7 Å². The van der Waals surface area contributed by atoms with Gasteiger partial charge in [0.1, 0.15) is 0 Å². The lowest BCUT2D eigenvalue weighted by Crippen LogP contribution is -2.19. The maximum absolute atomic E-state index is 5.95. The molecule has 1 unspecified atom stereocenters. The maximum Gasteiger partial charge on any atom is 0.0728 e. The number of benzene rings is 1. The van der Waals surface area contributed by atoms with Crippen molar-refractivity contribution in [3.05, 3.63) is 51.2 Å². The Kier molecular flexibility index (Phi) is 4.05. The van der Waals surface area contributed by atoms with E-state index in [1.165, 1.54) is 9.75 Å². The van der Waals surface area contributed by atoms with Crippen LogP contribution >= 0.6 is 22.9 Å². The Labute approximate surface area is 110 Å². The van der Waals surface area contributed by atoms with Crippen LogP contribution in [0.4, 0.5) is 5.69 Å². The number of anilines is 1. The zero-order valence-electron chi connectivity index (χ0n) is 9.61. The van der Waals surface area contributed by atoms with Gasteiger partial charge in [-0.05, 0) is 37.3 Å². The molecule has 0 aliphatic carbocycles. The summed E-state index contributed by atoms with van der Waals surface area (Å²) in [6.45, 7) is 2.66. The highest BCUT2D eigenvalue weighted by molar-refractivity contribution is 7.12. The zero-order chi connectivity index (χ0) is 12.3. The number of nitrogens with two attached hydrogens (primary N) is 1. The molecule has 0 saturated heterocycles. The molecule has 1 atom stereocenters. The monoisotopic (exact) mass is 266 g/mol. The first-order valence-corrected chi connectivity index (χ1v) is 6.67. The van der Waals surface area contributed by atoms with Crippen molar-refractivity contribution in [2.75, 3.05) is 11.9 Å². The summed E-state index contributed by atoms with van der Waals surface area (Å²) in [6.07, 6.45) is 0. The summed E-state index contributed by atoms with van der Waals surface area (Å²) in [6, 6.07) is 12.1. The first-order valence-electron chi connectivity index (χ1n) is 5.47. The third-order valence-electron chi connectivity index (χ3n) is 2.51. The molecule has 0 saturated carbocycles. The van der Waals surface area contributed by atoms with Gasteiger partial charge in [0.25, 0.3) is 0 Å². The van der Waals surface area contributed by atoms with Crippen LogP contribution in [0.2, 0.25) is 5.02 Å². The Balaban J connectivity index is 2.15. The molecule has 0 spiro atoms. The Morgan fingerprint density at radius 3 is 2.76 bits per heavy atom. The molecule has 0 aliphatic heterocycles. The van der Waals surface area contributed by atoms with E-state index in [2.05, 4.69) is 24.4 Å². The summed E-state index contributed by atoms with van der Waals surface area (Å²) >= 11 is 7.72. The highest BCUT2D eigenvalue weighted by Crippen LogP contribution is 2.26. The number of hydrogen-bond donors (Lipinski definition) is 2. The molecule has 90 valence electrons. The SMILES string of the molecule is Cc1ccc(C(CN)Nc2cccc(Cl)c2)s1. The fourth-order valence-corrected chi connectivity index (χ4v) is 2.80. The number of nitrogens with one attached hydrogen (secondary N) is 1. The van der Waals surface area contributed by atoms with E-state index in [9.17, 15) is 0 Å². The molecule has 2 rings (SSSR count). The van der Waals surface area contributed by atoms with Gasteiger partial charge >= 0.3 is 0 Å². The fraction of sp³-hybridized carbons (Fsp3) is 0.231. The summed E-state index contributed by atoms with van der Waals surface area (Å²) in [5.41, 5.74) is 6.81. The summed E-state index contributed by atoms with van der Waals surface area (Å²) in [5, 5.41) is 4.13. The van der Waals surface area contributed by atoms with Gasteiger partial charge in [0, 0.05) is 27.0 Å². The Hall–Kier alpha value is -1.03. The quantitative estimate of drug-likeness (QED) is 0.883. The van der Waals surface area contributed by atoms with Crippen LogP contribution in [0.3, 0.4) is 0 Å². The van der Waals surface area contributed by atoms with Gasteiger partial charge in [0.2, 0.25) is 0 Å². The van der Waals surface area contributed by atoms with E-state index in [-0.39, 0.29) is 6.04 Å².